The lowest BCUT2D eigenvalue weighted by atomic mass is 9.96. The summed E-state index contributed by atoms with van der Waals surface area (Å²) in [5, 5.41) is 12.9. The van der Waals surface area contributed by atoms with Gasteiger partial charge in [-0.3, -0.25) is 4.68 Å². The summed E-state index contributed by atoms with van der Waals surface area (Å²) in [5.41, 5.74) is 16.7. The number of anilines is 2. The molecular weight excluding hydrogens is 376 g/mol. The van der Waals surface area contributed by atoms with E-state index in [2.05, 4.69) is 21.0 Å². The molecule has 0 bridgehead atoms. The highest BCUT2D eigenvalue weighted by Crippen LogP contribution is 2.37. The number of rotatable bonds is 4. The summed E-state index contributed by atoms with van der Waals surface area (Å²) in [6.45, 7) is 0. The van der Waals surface area contributed by atoms with E-state index in [4.69, 9.17) is 21.3 Å². The van der Waals surface area contributed by atoms with E-state index in [1.165, 1.54) is 38.3 Å². The molecule has 7 nitrogen and oxygen atoms in total. The van der Waals surface area contributed by atoms with Gasteiger partial charge in [-0.05, 0) is 25.0 Å². The number of pyridine rings is 1. The molecular formula is C23H24N6O. The van der Waals surface area contributed by atoms with Crippen LogP contribution in [0.3, 0.4) is 0 Å². The van der Waals surface area contributed by atoms with Gasteiger partial charge in [-0.1, -0.05) is 31.4 Å². The molecule has 5 N–H and O–H groups in total. The molecule has 152 valence electrons. The van der Waals surface area contributed by atoms with E-state index >= 15 is 0 Å². The Morgan fingerprint density at radius 3 is 2.67 bits per heavy atom. The van der Waals surface area contributed by atoms with Crippen molar-refractivity contribution < 1.29 is 4.42 Å². The molecule has 30 heavy (non-hydrogen) atoms. The second-order valence-corrected chi connectivity index (χ2v) is 7.90. The summed E-state index contributed by atoms with van der Waals surface area (Å²) < 4.78 is 8.16. The van der Waals surface area contributed by atoms with Crippen LogP contribution in [0.5, 0.6) is 0 Å². The Kier molecular flexibility index (Phi) is 4.50. The molecule has 1 aliphatic rings. The van der Waals surface area contributed by atoms with E-state index in [1.54, 1.807) is 6.20 Å². The Morgan fingerprint density at radius 1 is 1.07 bits per heavy atom. The second-order valence-electron chi connectivity index (χ2n) is 7.90. The molecule has 7 heteroatoms. The second kappa shape index (κ2) is 7.33. The van der Waals surface area contributed by atoms with Gasteiger partial charge in [-0.2, -0.15) is 5.10 Å². The van der Waals surface area contributed by atoms with E-state index in [0.29, 0.717) is 34.5 Å². The first-order chi connectivity index (χ1) is 14.6. The zero-order valence-corrected chi connectivity index (χ0v) is 16.6. The van der Waals surface area contributed by atoms with Crippen LogP contribution >= 0.6 is 0 Å². The van der Waals surface area contributed by atoms with Crippen LogP contribution in [-0.4, -0.2) is 21.0 Å². The zero-order valence-electron chi connectivity index (χ0n) is 16.6. The van der Waals surface area contributed by atoms with Crippen molar-refractivity contribution in [2.75, 3.05) is 11.5 Å². The van der Waals surface area contributed by atoms with Crippen molar-refractivity contribution >= 4 is 28.7 Å². The Labute approximate surface area is 174 Å². The number of nitrogens with zero attached hydrogens (tertiary/aromatic N) is 3. The van der Waals surface area contributed by atoms with Crippen LogP contribution in [0.2, 0.25) is 0 Å². The standard InChI is InChI=1S/C23H24N6O/c24-10-15-7-6-14(8-20(15)25)21-9-18-19(12-27-23(26)22(18)30-21)16-11-28-29(13-16)17-4-2-1-3-5-17/h6-13,17,24H,1-5,25H2,(H2,26,27). The number of nitrogen functional groups attached to an aromatic ring is 2. The molecule has 0 spiro atoms. The molecule has 1 aliphatic carbocycles. The summed E-state index contributed by atoms with van der Waals surface area (Å²) in [6.07, 6.45) is 13.2. The fourth-order valence-electron chi connectivity index (χ4n) is 4.30. The van der Waals surface area contributed by atoms with Crippen LogP contribution in [0.4, 0.5) is 11.5 Å². The Bertz CT molecular complexity index is 1230. The minimum absolute atomic E-state index is 0.351. The predicted molar refractivity (Wildman–Crippen MR) is 119 cm³/mol. The molecule has 1 fully saturated rings. The molecule has 1 saturated carbocycles. The summed E-state index contributed by atoms with van der Waals surface area (Å²) in [5.74, 6) is 1.01. The molecule has 3 heterocycles. The third-order valence-electron chi connectivity index (χ3n) is 5.98. The van der Waals surface area contributed by atoms with Gasteiger partial charge in [0.15, 0.2) is 11.4 Å². The summed E-state index contributed by atoms with van der Waals surface area (Å²) >= 11 is 0. The number of hydrogen-bond donors (Lipinski definition) is 3. The highest BCUT2D eigenvalue weighted by atomic mass is 16.3. The van der Waals surface area contributed by atoms with Crippen LogP contribution < -0.4 is 11.5 Å². The summed E-state index contributed by atoms with van der Waals surface area (Å²) in [4.78, 5) is 4.35. The van der Waals surface area contributed by atoms with Crippen LogP contribution in [-0.2, 0) is 0 Å². The van der Waals surface area contributed by atoms with Crippen molar-refractivity contribution in [2.45, 2.75) is 38.1 Å². The average molecular weight is 400 g/mol. The number of nitrogens with one attached hydrogen (secondary N) is 1. The quantitative estimate of drug-likeness (QED) is 0.328. The Hall–Kier alpha value is -3.61. The Morgan fingerprint density at radius 2 is 1.90 bits per heavy atom. The van der Waals surface area contributed by atoms with Gasteiger partial charge in [0.05, 0.1) is 12.2 Å². The first-order valence-electron chi connectivity index (χ1n) is 10.3. The topological polar surface area (TPSA) is 120 Å². The minimum Gasteiger partial charge on any atom is -0.452 e. The molecule has 5 rings (SSSR count). The first kappa shape index (κ1) is 18.4. The normalized spacial score (nSPS) is 14.9. The molecule has 0 amide bonds. The maximum atomic E-state index is 7.41. The third kappa shape index (κ3) is 3.12. The summed E-state index contributed by atoms with van der Waals surface area (Å²) in [6, 6.07) is 7.95. The SMILES string of the molecule is N=Cc1ccc(-c2cc3c(-c4cnn(C5CCCCC5)c4)cnc(N)c3o2)cc1N. The van der Waals surface area contributed by atoms with E-state index in [9.17, 15) is 0 Å². The molecule has 0 aliphatic heterocycles. The maximum Gasteiger partial charge on any atom is 0.177 e. The molecule has 0 saturated heterocycles. The molecule has 0 unspecified atom stereocenters. The van der Waals surface area contributed by atoms with Gasteiger partial charge < -0.3 is 21.3 Å². The van der Waals surface area contributed by atoms with Gasteiger partial charge in [-0.15, -0.1) is 0 Å². The van der Waals surface area contributed by atoms with E-state index in [-0.39, 0.29) is 0 Å². The van der Waals surface area contributed by atoms with Crippen LogP contribution in [0.1, 0.15) is 43.7 Å². The van der Waals surface area contributed by atoms with Crippen LogP contribution in [0.15, 0.2) is 47.3 Å². The maximum absolute atomic E-state index is 7.41. The van der Waals surface area contributed by atoms with Gasteiger partial charge in [0.2, 0.25) is 0 Å². The third-order valence-corrected chi connectivity index (χ3v) is 5.98. The van der Waals surface area contributed by atoms with Crippen LogP contribution in [0.25, 0.3) is 33.4 Å². The van der Waals surface area contributed by atoms with Gasteiger partial charge in [0, 0.05) is 51.9 Å². The highest BCUT2D eigenvalue weighted by molar-refractivity contribution is 6.00. The lowest BCUT2D eigenvalue weighted by Crippen LogP contribution is -2.12. The highest BCUT2D eigenvalue weighted by Gasteiger charge is 2.19. The zero-order chi connectivity index (χ0) is 20.7. The van der Waals surface area contributed by atoms with Gasteiger partial charge in [-0.25, -0.2) is 4.98 Å². The average Bonchev–Trinajstić information content (AvgIpc) is 3.43. The Balaban J connectivity index is 1.57. The first-order valence-corrected chi connectivity index (χ1v) is 10.3. The van der Waals surface area contributed by atoms with E-state index < -0.39 is 0 Å². The van der Waals surface area contributed by atoms with Gasteiger partial charge >= 0.3 is 0 Å². The molecule has 0 radical (unpaired) electrons. The monoisotopic (exact) mass is 400 g/mol. The van der Waals surface area contributed by atoms with Crippen molar-refractivity contribution in [3.05, 3.63) is 48.4 Å². The van der Waals surface area contributed by atoms with Gasteiger partial charge in [0.1, 0.15) is 5.76 Å². The number of hydrogen-bond acceptors (Lipinski definition) is 6. The van der Waals surface area contributed by atoms with Crippen LogP contribution in [0, 0.1) is 5.41 Å². The van der Waals surface area contributed by atoms with E-state index in [0.717, 1.165) is 22.1 Å². The van der Waals surface area contributed by atoms with Crippen molar-refractivity contribution in [2.24, 2.45) is 0 Å². The molecule has 0 atom stereocenters. The molecule has 1 aromatic carbocycles. The number of fused-ring (bicyclic) bond motifs is 1. The predicted octanol–water partition coefficient (Wildman–Crippen LogP) is 5.03. The van der Waals surface area contributed by atoms with Crippen molar-refractivity contribution in [1.82, 2.24) is 14.8 Å². The fourth-order valence-corrected chi connectivity index (χ4v) is 4.30. The molecule has 4 aromatic rings. The molecule has 3 aromatic heterocycles. The lowest BCUT2D eigenvalue weighted by molar-refractivity contribution is 0.329. The van der Waals surface area contributed by atoms with Crippen molar-refractivity contribution in [3.8, 4) is 22.5 Å². The smallest absolute Gasteiger partial charge is 0.177 e. The van der Waals surface area contributed by atoms with Crippen molar-refractivity contribution in [1.29, 1.82) is 5.41 Å². The lowest BCUT2D eigenvalue weighted by Gasteiger charge is -2.21. The fraction of sp³-hybridized carbons (Fsp3) is 0.261. The minimum atomic E-state index is 0.351. The number of aromatic nitrogens is 3. The number of furan rings is 1. The van der Waals surface area contributed by atoms with Crippen molar-refractivity contribution in [3.63, 3.8) is 0 Å². The van der Waals surface area contributed by atoms with Gasteiger partial charge in [0.25, 0.3) is 0 Å². The van der Waals surface area contributed by atoms with E-state index in [1.807, 2.05) is 30.5 Å². The number of nitrogens with two attached hydrogens (primary N) is 2. The summed E-state index contributed by atoms with van der Waals surface area (Å²) in [7, 11) is 0. The number of benzene rings is 1. The largest absolute Gasteiger partial charge is 0.452 e.